The first-order chi connectivity index (χ1) is 8.17. The molecule has 5 heteroatoms. The van der Waals surface area contributed by atoms with Crippen LogP contribution in [0, 0.1) is 16.5 Å². The Bertz CT molecular complexity index is 462. The molecule has 0 N–H and O–H groups in total. The summed E-state index contributed by atoms with van der Waals surface area (Å²) in [6.45, 7) is 0. The summed E-state index contributed by atoms with van der Waals surface area (Å²) in [7, 11) is 1.28. The van der Waals surface area contributed by atoms with Crippen LogP contribution in [0.3, 0.4) is 0 Å². The number of esters is 1. The minimum Gasteiger partial charge on any atom is -0.466 e. The maximum atomic E-state index is 12.7. The second-order valence-electron chi connectivity index (χ2n) is 3.09. The van der Waals surface area contributed by atoms with E-state index in [0.29, 0.717) is 11.1 Å². The molecule has 1 aromatic rings. The molecule has 0 bridgehead atoms. The summed E-state index contributed by atoms with van der Waals surface area (Å²) in [5.74, 6) is -0.592. The number of methoxy groups -OCH3 is 1. The maximum Gasteiger partial charge on any atom is 0.334 e. The van der Waals surface area contributed by atoms with Gasteiger partial charge in [0, 0.05) is 11.3 Å². The lowest BCUT2D eigenvalue weighted by molar-refractivity contribution is -0.135. The first-order valence-electron chi connectivity index (χ1n) is 4.72. The summed E-state index contributed by atoms with van der Waals surface area (Å²) in [6.07, 6.45) is 1.58. The molecule has 0 saturated heterocycles. The van der Waals surface area contributed by atoms with Crippen LogP contribution in [0.1, 0.15) is 5.56 Å². The molecule has 1 rings (SSSR count). The number of nitriles is 1. The molecular weight excluding hydrogens is 241 g/mol. The van der Waals surface area contributed by atoms with Crippen LogP contribution < -0.4 is 0 Å². The van der Waals surface area contributed by atoms with Gasteiger partial charge in [-0.25, -0.2) is 9.18 Å². The van der Waals surface area contributed by atoms with Crippen molar-refractivity contribution < 1.29 is 13.9 Å². The largest absolute Gasteiger partial charge is 0.466 e. The lowest BCUT2D eigenvalue weighted by Crippen LogP contribution is -2.06. The topological polar surface area (TPSA) is 50.1 Å². The second kappa shape index (κ2) is 6.71. The molecule has 0 aliphatic carbocycles. The molecule has 0 amide bonds. The van der Waals surface area contributed by atoms with Crippen molar-refractivity contribution in [3.63, 3.8) is 0 Å². The third-order valence-corrected chi connectivity index (χ3v) is 2.54. The van der Waals surface area contributed by atoms with Crippen molar-refractivity contribution in [2.45, 2.75) is 0 Å². The zero-order valence-corrected chi connectivity index (χ0v) is 9.96. The standard InChI is InChI=1S/C12H10FNO2S/c1-16-12(15)10(7-17-8-14)6-9-2-4-11(13)5-3-9/h2-6H,7H2,1H3/b10-6+. The number of carbonyl (C=O) groups is 1. The predicted octanol–water partition coefficient (Wildman–Crippen LogP) is 2.60. The number of rotatable bonds is 4. The fraction of sp³-hybridized carbons (Fsp3) is 0.167. The van der Waals surface area contributed by atoms with Crippen LogP contribution in [0.25, 0.3) is 6.08 Å². The van der Waals surface area contributed by atoms with Gasteiger partial charge < -0.3 is 4.74 Å². The minimum atomic E-state index is -0.489. The van der Waals surface area contributed by atoms with Gasteiger partial charge in [0.15, 0.2) is 0 Å². The van der Waals surface area contributed by atoms with Gasteiger partial charge in [0.1, 0.15) is 11.2 Å². The predicted molar refractivity (Wildman–Crippen MR) is 64.5 cm³/mol. The van der Waals surface area contributed by atoms with Crippen molar-refractivity contribution in [1.29, 1.82) is 5.26 Å². The van der Waals surface area contributed by atoms with E-state index in [1.54, 1.807) is 18.2 Å². The maximum absolute atomic E-state index is 12.7. The van der Waals surface area contributed by atoms with E-state index in [0.717, 1.165) is 11.8 Å². The average molecular weight is 251 g/mol. The van der Waals surface area contributed by atoms with E-state index in [1.807, 2.05) is 5.40 Å². The Morgan fingerprint density at radius 3 is 2.71 bits per heavy atom. The van der Waals surface area contributed by atoms with E-state index in [9.17, 15) is 9.18 Å². The van der Waals surface area contributed by atoms with E-state index in [4.69, 9.17) is 5.26 Å². The van der Waals surface area contributed by atoms with Gasteiger partial charge in [-0.2, -0.15) is 5.26 Å². The average Bonchev–Trinajstić information content (AvgIpc) is 2.36. The van der Waals surface area contributed by atoms with Gasteiger partial charge in [0.25, 0.3) is 0 Å². The fourth-order valence-corrected chi connectivity index (χ4v) is 1.58. The number of hydrogen-bond donors (Lipinski definition) is 0. The van der Waals surface area contributed by atoms with E-state index in [2.05, 4.69) is 4.74 Å². The first-order valence-corrected chi connectivity index (χ1v) is 5.71. The van der Waals surface area contributed by atoms with E-state index in [1.165, 1.54) is 19.2 Å². The first kappa shape index (κ1) is 13.3. The molecule has 0 atom stereocenters. The molecule has 0 saturated carbocycles. The molecule has 0 heterocycles. The summed E-state index contributed by atoms with van der Waals surface area (Å²) < 4.78 is 17.3. The molecular formula is C12H10FNO2S. The number of hydrogen-bond acceptors (Lipinski definition) is 4. The molecule has 1 aromatic carbocycles. The lowest BCUT2D eigenvalue weighted by atomic mass is 10.1. The Kier molecular flexibility index (Phi) is 5.24. The summed E-state index contributed by atoms with van der Waals surface area (Å²) in [5.41, 5.74) is 1.05. The van der Waals surface area contributed by atoms with Gasteiger partial charge in [-0.1, -0.05) is 12.1 Å². The van der Waals surface area contributed by atoms with E-state index < -0.39 is 5.97 Å². The lowest BCUT2D eigenvalue weighted by Gasteiger charge is -2.02. The fourth-order valence-electron chi connectivity index (χ4n) is 1.16. The molecule has 0 fully saturated rings. The highest BCUT2D eigenvalue weighted by Crippen LogP contribution is 2.13. The van der Waals surface area contributed by atoms with Gasteiger partial charge in [-0.3, -0.25) is 0 Å². The second-order valence-corrected chi connectivity index (χ2v) is 3.85. The molecule has 88 valence electrons. The molecule has 0 unspecified atom stereocenters. The summed E-state index contributed by atoms with van der Waals surface area (Å²) in [4.78, 5) is 11.4. The summed E-state index contributed by atoms with van der Waals surface area (Å²) >= 11 is 0.945. The van der Waals surface area contributed by atoms with Crippen LogP contribution in [-0.4, -0.2) is 18.8 Å². The van der Waals surface area contributed by atoms with Crippen LogP contribution >= 0.6 is 11.8 Å². The molecule has 0 aliphatic rings. The third-order valence-electron chi connectivity index (χ3n) is 1.95. The Balaban J connectivity index is 2.92. The molecule has 17 heavy (non-hydrogen) atoms. The number of halogens is 1. The number of nitrogens with zero attached hydrogens (tertiary/aromatic N) is 1. The number of carbonyl (C=O) groups excluding carboxylic acids is 1. The number of thioether (sulfide) groups is 1. The van der Waals surface area contributed by atoms with Crippen molar-refractivity contribution in [3.05, 3.63) is 41.2 Å². The van der Waals surface area contributed by atoms with E-state index >= 15 is 0 Å². The zero-order valence-electron chi connectivity index (χ0n) is 9.14. The smallest absolute Gasteiger partial charge is 0.334 e. The van der Waals surface area contributed by atoms with Crippen LogP contribution in [0.15, 0.2) is 29.8 Å². The van der Waals surface area contributed by atoms with Gasteiger partial charge in [-0.15, -0.1) is 0 Å². The molecule has 0 spiro atoms. The van der Waals surface area contributed by atoms with Crippen molar-refractivity contribution >= 4 is 23.8 Å². The normalized spacial score (nSPS) is 10.8. The van der Waals surface area contributed by atoms with Crippen LogP contribution in [0.2, 0.25) is 0 Å². The monoisotopic (exact) mass is 251 g/mol. The third kappa shape index (κ3) is 4.29. The van der Waals surface area contributed by atoms with Crippen LogP contribution in [0.4, 0.5) is 4.39 Å². The Hall–Kier alpha value is -1.80. The SMILES string of the molecule is COC(=O)/C(=C/c1ccc(F)cc1)CSC#N. The Morgan fingerprint density at radius 1 is 1.53 bits per heavy atom. The zero-order chi connectivity index (χ0) is 12.7. The molecule has 0 aromatic heterocycles. The highest BCUT2D eigenvalue weighted by molar-refractivity contribution is 8.03. The quantitative estimate of drug-likeness (QED) is 0.469. The minimum absolute atomic E-state index is 0.237. The van der Waals surface area contributed by atoms with Gasteiger partial charge in [0.2, 0.25) is 0 Å². The number of thiocyanates is 1. The highest BCUT2D eigenvalue weighted by Gasteiger charge is 2.09. The van der Waals surface area contributed by atoms with Crippen LogP contribution in [0.5, 0.6) is 0 Å². The Labute approximate surface area is 103 Å². The van der Waals surface area contributed by atoms with E-state index in [-0.39, 0.29) is 11.6 Å². The summed E-state index contributed by atoms with van der Waals surface area (Å²) in [5, 5.41) is 10.3. The number of ether oxygens (including phenoxy) is 1. The van der Waals surface area contributed by atoms with Crippen molar-refractivity contribution in [2.24, 2.45) is 0 Å². The highest BCUT2D eigenvalue weighted by atomic mass is 32.2. The molecule has 0 aliphatic heterocycles. The van der Waals surface area contributed by atoms with Crippen molar-refractivity contribution in [3.8, 4) is 5.40 Å². The molecule has 3 nitrogen and oxygen atoms in total. The van der Waals surface area contributed by atoms with Crippen LogP contribution in [-0.2, 0) is 9.53 Å². The Morgan fingerprint density at radius 2 is 2.18 bits per heavy atom. The molecule has 0 radical (unpaired) electrons. The van der Waals surface area contributed by atoms with Gasteiger partial charge in [0.05, 0.1) is 7.11 Å². The van der Waals surface area contributed by atoms with Crippen molar-refractivity contribution in [2.75, 3.05) is 12.9 Å². The summed E-state index contributed by atoms with van der Waals surface area (Å²) in [6, 6.07) is 5.71. The number of benzene rings is 1. The van der Waals surface area contributed by atoms with Gasteiger partial charge >= 0.3 is 5.97 Å². The van der Waals surface area contributed by atoms with Gasteiger partial charge in [-0.05, 0) is 35.5 Å². The van der Waals surface area contributed by atoms with Crippen molar-refractivity contribution in [1.82, 2.24) is 0 Å².